The second kappa shape index (κ2) is 10.3. The Kier molecular flexibility index (Phi) is 7.55. The predicted octanol–water partition coefficient (Wildman–Crippen LogP) is 4.64. The number of aryl methyl sites for hydroxylation is 1. The van der Waals surface area contributed by atoms with Crippen LogP contribution in [-0.2, 0) is 16.1 Å². The van der Waals surface area contributed by atoms with Crippen molar-refractivity contribution in [2.75, 3.05) is 19.0 Å². The van der Waals surface area contributed by atoms with E-state index in [1.165, 1.54) is 17.3 Å². The van der Waals surface area contributed by atoms with E-state index in [2.05, 4.69) is 10.2 Å². The normalized spacial score (nSPS) is 10.7. The molecule has 6 nitrogen and oxygen atoms in total. The van der Waals surface area contributed by atoms with E-state index in [0.717, 1.165) is 17.1 Å². The topological polar surface area (TPSA) is 66.2 Å². The van der Waals surface area contributed by atoms with E-state index < -0.39 is 0 Å². The van der Waals surface area contributed by atoms with Gasteiger partial charge in [-0.25, -0.2) is 0 Å². The molecule has 0 atom stereocenters. The number of halogens is 1. The molecule has 0 saturated heterocycles. The number of thioether (sulfide) groups is 1. The summed E-state index contributed by atoms with van der Waals surface area (Å²) in [6.45, 7) is 5.22. The molecule has 0 fully saturated rings. The molecule has 0 amide bonds. The lowest BCUT2D eigenvalue weighted by molar-refractivity contribution is -0.141. The first-order chi connectivity index (χ1) is 14.1. The van der Waals surface area contributed by atoms with Crippen LogP contribution in [0.15, 0.2) is 53.7 Å². The Labute approximate surface area is 179 Å². The molecule has 0 N–H and O–H groups in total. The van der Waals surface area contributed by atoms with Gasteiger partial charge in [-0.3, -0.25) is 4.79 Å². The lowest BCUT2D eigenvalue weighted by atomic mass is 10.2. The minimum atomic E-state index is -0.318. The van der Waals surface area contributed by atoms with Crippen LogP contribution in [-0.4, -0.2) is 39.7 Å². The highest BCUT2D eigenvalue weighted by atomic mass is 35.5. The largest absolute Gasteiger partial charge is 0.490 e. The van der Waals surface area contributed by atoms with Gasteiger partial charge in [0.1, 0.15) is 19.0 Å². The molecule has 29 heavy (non-hydrogen) atoms. The van der Waals surface area contributed by atoms with Gasteiger partial charge in [-0.1, -0.05) is 41.1 Å². The molecular weight excluding hydrogens is 410 g/mol. The zero-order valence-corrected chi connectivity index (χ0v) is 17.9. The maximum Gasteiger partial charge on any atom is 0.316 e. The number of esters is 1. The standard InChI is InChI=1S/C21H22ClN3O3S/c1-3-25-20(16-6-8-17(22)9-7-16)23-24-21(25)29-14-19(26)28-13-12-27-18-10-4-15(2)5-11-18/h4-11H,3,12-14H2,1-2H3. The van der Waals surface area contributed by atoms with Gasteiger partial charge >= 0.3 is 5.97 Å². The van der Waals surface area contributed by atoms with Gasteiger partial charge in [0.05, 0.1) is 5.75 Å². The fourth-order valence-corrected chi connectivity index (χ4v) is 3.53. The van der Waals surface area contributed by atoms with E-state index in [0.29, 0.717) is 23.3 Å². The third-order valence-electron chi connectivity index (χ3n) is 4.09. The van der Waals surface area contributed by atoms with Crippen LogP contribution in [0, 0.1) is 6.92 Å². The molecule has 1 heterocycles. The maximum atomic E-state index is 12.0. The van der Waals surface area contributed by atoms with Crippen molar-refractivity contribution in [3.05, 3.63) is 59.1 Å². The summed E-state index contributed by atoms with van der Waals surface area (Å²) in [5, 5.41) is 9.81. The first-order valence-electron chi connectivity index (χ1n) is 9.24. The van der Waals surface area contributed by atoms with Gasteiger partial charge in [-0.15, -0.1) is 10.2 Å². The number of aromatic nitrogens is 3. The molecule has 8 heteroatoms. The van der Waals surface area contributed by atoms with Gasteiger partial charge in [0.25, 0.3) is 0 Å². The average Bonchev–Trinajstić information content (AvgIpc) is 3.14. The Hall–Kier alpha value is -2.51. The first-order valence-corrected chi connectivity index (χ1v) is 10.6. The Morgan fingerprint density at radius 3 is 2.48 bits per heavy atom. The van der Waals surface area contributed by atoms with Crippen molar-refractivity contribution in [3.63, 3.8) is 0 Å². The molecule has 0 unspecified atom stereocenters. The molecule has 0 bridgehead atoms. The fourth-order valence-electron chi connectivity index (χ4n) is 2.61. The zero-order valence-electron chi connectivity index (χ0n) is 16.3. The van der Waals surface area contributed by atoms with Gasteiger partial charge in [-0.05, 0) is 50.2 Å². The zero-order chi connectivity index (χ0) is 20.6. The second-order valence-corrected chi connectivity index (χ2v) is 7.61. The van der Waals surface area contributed by atoms with Crippen molar-refractivity contribution < 1.29 is 14.3 Å². The van der Waals surface area contributed by atoms with Crippen molar-refractivity contribution in [3.8, 4) is 17.1 Å². The van der Waals surface area contributed by atoms with E-state index in [4.69, 9.17) is 21.1 Å². The van der Waals surface area contributed by atoms with Crippen LogP contribution in [0.4, 0.5) is 0 Å². The number of nitrogens with zero attached hydrogens (tertiary/aromatic N) is 3. The minimum Gasteiger partial charge on any atom is -0.490 e. The van der Waals surface area contributed by atoms with Gasteiger partial charge in [0.15, 0.2) is 11.0 Å². The first kappa shape index (κ1) is 21.2. The second-order valence-electron chi connectivity index (χ2n) is 6.23. The number of hydrogen-bond donors (Lipinski definition) is 0. The van der Waals surface area contributed by atoms with Crippen molar-refractivity contribution >= 4 is 29.3 Å². The van der Waals surface area contributed by atoms with Crippen molar-refractivity contribution in [1.82, 2.24) is 14.8 Å². The average molecular weight is 432 g/mol. The number of carbonyl (C=O) groups is 1. The van der Waals surface area contributed by atoms with Gasteiger partial charge in [-0.2, -0.15) is 0 Å². The highest BCUT2D eigenvalue weighted by Gasteiger charge is 2.15. The number of rotatable bonds is 9. The molecule has 2 aromatic carbocycles. The molecule has 1 aromatic heterocycles. The van der Waals surface area contributed by atoms with Crippen molar-refractivity contribution in [2.45, 2.75) is 25.5 Å². The lowest BCUT2D eigenvalue weighted by Crippen LogP contribution is -2.14. The lowest BCUT2D eigenvalue weighted by Gasteiger charge is -2.09. The van der Waals surface area contributed by atoms with E-state index in [1.807, 2.05) is 66.9 Å². The van der Waals surface area contributed by atoms with Crippen LogP contribution in [0.2, 0.25) is 5.02 Å². The Bertz CT molecular complexity index is 943. The molecule has 0 spiro atoms. The molecule has 152 valence electrons. The summed E-state index contributed by atoms with van der Waals surface area (Å²) in [5.41, 5.74) is 2.09. The van der Waals surface area contributed by atoms with Crippen molar-refractivity contribution in [2.24, 2.45) is 0 Å². The molecular formula is C21H22ClN3O3S. The monoisotopic (exact) mass is 431 g/mol. The smallest absolute Gasteiger partial charge is 0.316 e. The summed E-state index contributed by atoms with van der Waals surface area (Å²) in [6, 6.07) is 15.2. The van der Waals surface area contributed by atoms with Crippen LogP contribution < -0.4 is 4.74 Å². The van der Waals surface area contributed by atoms with Crippen LogP contribution in [0.1, 0.15) is 12.5 Å². The Balaban J connectivity index is 1.47. The molecule has 0 aliphatic rings. The van der Waals surface area contributed by atoms with E-state index in [9.17, 15) is 4.79 Å². The van der Waals surface area contributed by atoms with Gasteiger partial charge < -0.3 is 14.0 Å². The van der Waals surface area contributed by atoms with E-state index >= 15 is 0 Å². The van der Waals surface area contributed by atoms with Crippen molar-refractivity contribution in [1.29, 1.82) is 0 Å². The SMILES string of the molecule is CCn1c(SCC(=O)OCCOc2ccc(C)cc2)nnc1-c1ccc(Cl)cc1. The predicted molar refractivity (Wildman–Crippen MR) is 114 cm³/mol. The minimum absolute atomic E-state index is 0.156. The fraction of sp³-hybridized carbons (Fsp3) is 0.286. The molecule has 3 rings (SSSR count). The molecule has 3 aromatic rings. The highest BCUT2D eigenvalue weighted by molar-refractivity contribution is 7.99. The third kappa shape index (κ3) is 5.98. The maximum absolute atomic E-state index is 12.0. The van der Waals surface area contributed by atoms with Gasteiger partial charge in [0.2, 0.25) is 0 Å². The number of benzene rings is 2. The van der Waals surface area contributed by atoms with Crippen LogP contribution in [0.3, 0.4) is 0 Å². The third-order valence-corrected chi connectivity index (χ3v) is 5.28. The van der Waals surface area contributed by atoms with Gasteiger partial charge in [0, 0.05) is 17.1 Å². The quantitative estimate of drug-likeness (QED) is 0.279. The number of hydrogen-bond acceptors (Lipinski definition) is 6. The molecule has 0 aliphatic heterocycles. The van der Waals surface area contributed by atoms with E-state index in [-0.39, 0.29) is 18.3 Å². The number of ether oxygens (including phenoxy) is 2. The summed E-state index contributed by atoms with van der Waals surface area (Å²) >= 11 is 7.25. The van der Waals surface area contributed by atoms with E-state index in [1.54, 1.807) is 0 Å². The summed E-state index contributed by atoms with van der Waals surface area (Å²) in [5.74, 6) is 1.34. The van der Waals surface area contributed by atoms with Crippen LogP contribution in [0.25, 0.3) is 11.4 Å². The summed E-state index contributed by atoms with van der Waals surface area (Å²) in [4.78, 5) is 12.0. The Morgan fingerprint density at radius 1 is 1.07 bits per heavy atom. The number of carbonyl (C=O) groups excluding carboxylic acids is 1. The Morgan fingerprint density at radius 2 is 1.79 bits per heavy atom. The summed E-state index contributed by atoms with van der Waals surface area (Å²) < 4.78 is 12.7. The summed E-state index contributed by atoms with van der Waals surface area (Å²) in [6.07, 6.45) is 0. The molecule has 0 aliphatic carbocycles. The molecule has 0 radical (unpaired) electrons. The summed E-state index contributed by atoms with van der Waals surface area (Å²) in [7, 11) is 0. The van der Waals surface area contributed by atoms with Crippen LogP contribution in [0.5, 0.6) is 5.75 Å². The molecule has 0 saturated carbocycles. The highest BCUT2D eigenvalue weighted by Crippen LogP contribution is 2.25. The van der Waals surface area contributed by atoms with Crippen LogP contribution >= 0.6 is 23.4 Å².